The highest BCUT2D eigenvalue weighted by Gasteiger charge is 1.90. The Balaban J connectivity index is 0. The van der Waals surface area contributed by atoms with Crippen molar-refractivity contribution in [2.24, 2.45) is 0 Å². The molecule has 0 aromatic heterocycles. The van der Waals surface area contributed by atoms with Crippen LogP contribution in [0.2, 0.25) is 0 Å². The van der Waals surface area contributed by atoms with Crippen molar-refractivity contribution >= 4 is 31.8 Å². The second-order valence-corrected chi connectivity index (χ2v) is 1.82. The van der Waals surface area contributed by atoms with Crippen molar-refractivity contribution < 1.29 is 13.5 Å². The van der Waals surface area contributed by atoms with E-state index < -0.39 is 5.97 Å². The lowest BCUT2D eigenvalue weighted by molar-refractivity contribution is -0.132. The van der Waals surface area contributed by atoms with E-state index in [1.807, 2.05) is 0 Å². The first-order valence-electron chi connectivity index (χ1n) is 1.90. The van der Waals surface area contributed by atoms with E-state index in [1.165, 1.54) is 6.92 Å². The molecule has 0 spiro atoms. The van der Waals surface area contributed by atoms with E-state index in [2.05, 4.69) is 36.0 Å². The molecular weight excluding hydrogens is 160 g/mol. The molecule has 0 saturated carbocycles. The molecule has 0 aliphatic rings. The van der Waals surface area contributed by atoms with Crippen LogP contribution >= 0.6 is 25.8 Å². The van der Waals surface area contributed by atoms with Gasteiger partial charge in [-0.3, -0.25) is 3.63 Å². The highest BCUT2D eigenvalue weighted by atomic mass is 32.2. The minimum absolute atomic E-state index is 0.176. The van der Waals surface area contributed by atoms with Gasteiger partial charge in [-0.05, 0) is 32.7 Å². The molecule has 0 bridgehead atoms. The molecule has 0 fully saturated rings. The van der Waals surface area contributed by atoms with Crippen molar-refractivity contribution in [1.82, 2.24) is 0 Å². The molecule has 0 amide bonds. The maximum absolute atomic E-state index is 9.60. The molecule has 0 aromatic carbocycles. The first-order valence-corrected chi connectivity index (χ1v) is 2.63. The van der Waals surface area contributed by atoms with Crippen molar-refractivity contribution in [2.75, 3.05) is 0 Å². The molecule has 5 heteroatoms. The molecule has 0 heterocycles. The van der Waals surface area contributed by atoms with Crippen molar-refractivity contribution in [3.63, 3.8) is 0 Å². The van der Waals surface area contributed by atoms with E-state index in [0.717, 1.165) is 0 Å². The first-order chi connectivity index (χ1) is 4.06. The van der Waals surface area contributed by atoms with E-state index in [1.54, 1.807) is 0 Å². The standard InChI is InChI=1S/C4H6O2.H2OS2/c1-3(2)4(5)6;2-1-3/h1H2,2H3,(H,5,6);2-3H. The van der Waals surface area contributed by atoms with Crippen LogP contribution in [0.25, 0.3) is 0 Å². The maximum Gasteiger partial charge on any atom is 0.330 e. The van der Waals surface area contributed by atoms with Crippen LogP contribution in [0.3, 0.4) is 0 Å². The molecule has 0 aliphatic heterocycles. The van der Waals surface area contributed by atoms with Crippen LogP contribution < -0.4 is 0 Å². The van der Waals surface area contributed by atoms with Crippen LogP contribution in [-0.2, 0) is 8.42 Å². The van der Waals surface area contributed by atoms with Crippen LogP contribution in [0.5, 0.6) is 0 Å². The van der Waals surface area contributed by atoms with Gasteiger partial charge in [0, 0.05) is 5.57 Å². The Hall–Kier alpha value is -0.130. The molecule has 1 N–H and O–H groups in total. The second kappa shape index (κ2) is 7.87. The van der Waals surface area contributed by atoms with Crippen molar-refractivity contribution in [1.29, 1.82) is 0 Å². The SMILES string of the molecule is C=C(C)C(=O)O.SOS. The lowest BCUT2D eigenvalue weighted by atomic mass is 10.4. The van der Waals surface area contributed by atoms with Crippen molar-refractivity contribution in [3.8, 4) is 0 Å². The first kappa shape index (κ1) is 11.6. The van der Waals surface area contributed by atoms with Gasteiger partial charge in [-0.2, -0.15) is 0 Å². The molecule has 3 nitrogen and oxygen atoms in total. The summed E-state index contributed by atoms with van der Waals surface area (Å²) >= 11 is 6.31. The maximum atomic E-state index is 9.60. The zero-order chi connectivity index (χ0) is 7.86. The fourth-order valence-electron chi connectivity index (χ4n) is 0. The zero-order valence-corrected chi connectivity index (χ0v) is 6.65. The third-order valence-electron chi connectivity index (χ3n) is 0.365. The quantitative estimate of drug-likeness (QED) is 0.314. The Morgan fingerprint density at radius 3 is 1.78 bits per heavy atom. The Kier molecular flexibility index (Phi) is 10.2. The molecule has 0 rings (SSSR count). The number of aliphatic carboxylic acids is 1. The smallest absolute Gasteiger partial charge is 0.330 e. The molecule has 54 valence electrons. The molecule has 0 saturated heterocycles. The van der Waals surface area contributed by atoms with Gasteiger partial charge in [0.1, 0.15) is 0 Å². The summed E-state index contributed by atoms with van der Waals surface area (Å²) in [6.45, 7) is 4.60. The summed E-state index contributed by atoms with van der Waals surface area (Å²) in [6, 6.07) is 0. The van der Waals surface area contributed by atoms with Crippen LogP contribution in [0.4, 0.5) is 0 Å². The molecule has 0 atom stereocenters. The fourth-order valence-corrected chi connectivity index (χ4v) is 0. The zero-order valence-electron chi connectivity index (χ0n) is 4.87. The Bertz CT molecular complexity index is 90.0. The molecule has 0 aliphatic carbocycles. The number of carboxylic acids is 1. The van der Waals surface area contributed by atoms with Crippen LogP contribution in [0.15, 0.2) is 12.2 Å². The van der Waals surface area contributed by atoms with E-state index >= 15 is 0 Å². The predicted octanol–water partition coefficient (Wildman–Crippen LogP) is 1.34. The third-order valence-corrected chi connectivity index (χ3v) is 0.365. The molecular formula is C4H8O3S2. The van der Waals surface area contributed by atoms with Crippen LogP contribution in [-0.4, -0.2) is 11.1 Å². The molecule has 0 unspecified atom stereocenters. The molecule has 0 aromatic rings. The monoisotopic (exact) mass is 168 g/mol. The van der Waals surface area contributed by atoms with E-state index in [0.29, 0.717) is 0 Å². The van der Waals surface area contributed by atoms with E-state index in [4.69, 9.17) is 5.11 Å². The lowest BCUT2D eigenvalue weighted by Crippen LogP contribution is -1.92. The van der Waals surface area contributed by atoms with Gasteiger partial charge in [-0.1, -0.05) is 6.58 Å². The third kappa shape index (κ3) is 18.1. The highest BCUT2D eigenvalue weighted by molar-refractivity contribution is 7.89. The summed E-state index contributed by atoms with van der Waals surface area (Å²) in [7, 11) is 0. The average molecular weight is 168 g/mol. The normalized spacial score (nSPS) is 7.00. The van der Waals surface area contributed by atoms with Crippen LogP contribution in [0.1, 0.15) is 6.92 Å². The lowest BCUT2D eigenvalue weighted by Gasteiger charge is -1.79. The Morgan fingerprint density at radius 1 is 1.67 bits per heavy atom. The summed E-state index contributed by atoms with van der Waals surface area (Å²) in [5, 5.41) is 7.89. The van der Waals surface area contributed by atoms with Gasteiger partial charge in [-0.25, -0.2) is 4.79 Å². The number of thiol groups is 2. The number of hydrogen-bond donors (Lipinski definition) is 3. The second-order valence-electron chi connectivity index (χ2n) is 1.17. The summed E-state index contributed by atoms with van der Waals surface area (Å²) in [5.74, 6) is -0.935. The van der Waals surface area contributed by atoms with Crippen LogP contribution in [0, 0.1) is 0 Å². The number of hydrogen-bond acceptors (Lipinski definition) is 4. The molecule has 9 heavy (non-hydrogen) atoms. The number of carbonyl (C=O) groups is 1. The summed E-state index contributed by atoms with van der Waals surface area (Å²) < 4.78 is 3.64. The predicted molar refractivity (Wildman–Crippen MR) is 41.5 cm³/mol. The molecule has 0 radical (unpaired) electrons. The van der Waals surface area contributed by atoms with Gasteiger partial charge in [0.25, 0.3) is 0 Å². The minimum atomic E-state index is -0.935. The van der Waals surface area contributed by atoms with Gasteiger partial charge in [0.15, 0.2) is 0 Å². The average Bonchev–Trinajstić information content (AvgIpc) is 1.68. The van der Waals surface area contributed by atoms with Crippen molar-refractivity contribution in [3.05, 3.63) is 12.2 Å². The highest BCUT2D eigenvalue weighted by Crippen LogP contribution is 1.81. The summed E-state index contributed by atoms with van der Waals surface area (Å²) in [5.41, 5.74) is 0.176. The van der Waals surface area contributed by atoms with Gasteiger partial charge in [0.05, 0.1) is 0 Å². The topological polar surface area (TPSA) is 46.5 Å². The van der Waals surface area contributed by atoms with Gasteiger partial charge >= 0.3 is 5.97 Å². The summed E-state index contributed by atoms with van der Waals surface area (Å²) in [4.78, 5) is 9.60. The minimum Gasteiger partial charge on any atom is -0.478 e. The van der Waals surface area contributed by atoms with Gasteiger partial charge < -0.3 is 5.11 Å². The Morgan fingerprint density at radius 2 is 1.78 bits per heavy atom. The largest absolute Gasteiger partial charge is 0.478 e. The van der Waals surface area contributed by atoms with E-state index in [9.17, 15) is 4.79 Å². The Labute approximate surface area is 64.9 Å². The van der Waals surface area contributed by atoms with Crippen molar-refractivity contribution in [2.45, 2.75) is 6.92 Å². The number of rotatable bonds is 1. The van der Waals surface area contributed by atoms with E-state index in [-0.39, 0.29) is 5.57 Å². The van der Waals surface area contributed by atoms with Gasteiger partial charge in [-0.15, -0.1) is 0 Å². The fraction of sp³-hybridized carbons (Fsp3) is 0.250. The van der Waals surface area contributed by atoms with Gasteiger partial charge in [0.2, 0.25) is 0 Å². The number of carboxylic acid groups (broad SMARTS) is 1. The summed E-state index contributed by atoms with van der Waals surface area (Å²) in [6.07, 6.45) is 0.